The molecule has 0 amide bonds. The summed E-state index contributed by atoms with van der Waals surface area (Å²) in [6, 6.07) is 20.2. The van der Waals surface area contributed by atoms with Gasteiger partial charge in [-0.1, -0.05) is 23.4 Å². The summed E-state index contributed by atoms with van der Waals surface area (Å²) in [5, 5.41) is 17.5. The molecule has 0 saturated heterocycles. The first-order valence-electron chi connectivity index (χ1n) is 9.38. The van der Waals surface area contributed by atoms with Gasteiger partial charge in [0.1, 0.15) is 5.69 Å². The van der Waals surface area contributed by atoms with E-state index in [2.05, 4.69) is 37.8 Å². The molecule has 0 atom stereocenters. The Labute approximate surface area is 167 Å². The Morgan fingerprint density at radius 1 is 0.966 bits per heavy atom. The number of hydrogen-bond donors (Lipinski definition) is 1. The number of rotatable bonds is 5. The summed E-state index contributed by atoms with van der Waals surface area (Å²) in [5.74, 6) is 0. The zero-order valence-corrected chi connectivity index (χ0v) is 15.9. The van der Waals surface area contributed by atoms with Crippen LogP contribution >= 0.6 is 0 Å². The van der Waals surface area contributed by atoms with Gasteiger partial charge in [-0.25, -0.2) is 9.36 Å². The number of anilines is 1. The minimum absolute atomic E-state index is 0.598. The van der Waals surface area contributed by atoms with Crippen LogP contribution in [0.1, 0.15) is 11.4 Å². The highest BCUT2D eigenvalue weighted by atomic mass is 15.4. The molecule has 142 valence electrons. The van der Waals surface area contributed by atoms with E-state index in [1.807, 2.05) is 72.5 Å². The Balaban J connectivity index is 1.33. The molecule has 3 heterocycles. The maximum absolute atomic E-state index is 4.50. The summed E-state index contributed by atoms with van der Waals surface area (Å²) in [4.78, 5) is 4.20. The fraction of sp³-hybridized carbons (Fsp3) is 0.0909. The second kappa shape index (κ2) is 7.20. The standard InChI is InChI=1S/C22H19N7/c1-16-12-18(10-11-23-16)24-14-19-15-28(27-26-19)20-6-8-21(9-7-20)29-22-5-3-2-4-17(22)13-25-29/h2-13,15H,14H2,1H3,(H,23,24). The lowest BCUT2D eigenvalue weighted by Crippen LogP contribution is -2.00. The lowest BCUT2D eigenvalue weighted by Gasteiger charge is -2.06. The maximum atomic E-state index is 4.50. The summed E-state index contributed by atoms with van der Waals surface area (Å²) in [7, 11) is 0. The van der Waals surface area contributed by atoms with Gasteiger partial charge in [0.05, 0.1) is 35.8 Å². The monoisotopic (exact) mass is 381 g/mol. The lowest BCUT2D eigenvalue weighted by molar-refractivity contribution is 0.797. The number of aryl methyl sites for hydroxylation is 1. The van der Waals surface area contributed by atoms with Crippen LogP contribution in [-0.2, 0) is 6.54 Å². The molecule has 0 saturated carbocycles. The van der Waals surface area contributed by atoms with E-state index < -0.39 is 0 Å². The number of nitrogens with zero attached hydrogens (tertiary/aromatic N) is 6. The molecular formula is C22H19N7. The Morgan fingerprint density at radius 2 is 1.79 bits per heavy atom. The predicted octanol–water partition coefficient (Wildman–Crippen LogP) is 3.92. The van der Waals surface area contributed by atoms with Gasteiger partial charge in [0.2, 0.25) is 0 Å². The van der Waals surface area contributed by atoms with E-state index in [0.29, 0.717) is 6.54 Å². The second-order valence-electron chi connectivity index (χ2n) is 6.83. The summed E-state index contributed by atoms with van der Waals surface area (Å²) in [5.41, 5.74) is 5.89. The highest BCUT2D eigenvalue weighted by molar-refractivity contribution is 5.80. The van der Waals surface area contributed by atoms with E-state index in [0.717, 1.165) is 39.4 Å². The maximum Gasteiger partial charge on any atom is 0.102 e. The molecule has 3 aromatic heterocycles. The zero-order valence-electron chi connectivity index (χ0n) is 15.9. The van der Waals surface area contributed by atoms with Crippen molar-refractivity contribution < 1.29 is 0 Å². The van der Waals surface area contributed by atoms with Crippen molar-refractivity contribution in [1.29, 1.82) is 0 Å². The second-order valence-corrected chi connectivity index (χ2v) is 6.83. The third-order valence-corrected chi connectivity index (χ3v) is 4.75. The van der Waals surface area contributed by atoms with Gasteiger partial charge in [-0.05, 0) is 49.4 Å². The summed E-state index contributed by atoms with van der Waals surface area (Å²) < 4.78 is 3.71. The van der Waals surface area contributed by atoms with E-state index in [4.69, 9.17) is 0 Å². The molecular weight excluding hydrogens is 362 g/mol. The van der Waals surface area contributed by atoms with Crippen molar-refractivity contribution in [2.75, 3.05) is 5.32 Å². The van der Waals surface area contributed by atoms with Crippen molar-refractivity contribution in [2.24, 2.45) is 0 Å². The average Bonchev–Trinajstić information content (AvgIpc) is 3.40. The van der Waals surface area contributed by atoms with Crippen molar-refractivity contribution in [3.8, 4) is 11.4 Å². The van der Waals surface area contributed by atoms with Gasteiger partial charge >= 0.3 is 0 Å². The highest BCUT2D eigenvalue weighted by Crippen LogP contribution is 2.19. The Kier molecular flexibility index (Phi) is 4.25. The minimum atomic E-state index is 0.598. The number of benzene rings is 2. The smallest absolute Gasteiger partial charge is 0.102 e. The normalized spacial score (nSPS) is 11.1. The summed E-state index contributed by atoms with van der Waals surface area (Å²) in [6.07, 6.45) is 5.60. The molecule has 7 heteroatoms. The van der Waals surface area contributed by atoms with Crippen molar-refractivity contribution in [2.45, 2.75) is 13.5 Å². The molecule has 0 aliphatic carbocycles. The Hall–Kier alpha value is -4.00. The number of hydrogen-bond acceptors (Lipinski definition) is 5. The van der Waals surface area contributed by atoms with Crippen LogP contribution in [0.15, 0.2) is 79.3 Å². The number of fused-ring (bicyclic) bond motifs is 1. The average molecular weight is 381 g/mol. The third kappa shape index (κ3) is 3.45. The molecule has 7 nitrogen and oxygen atoms in total. The van der Waals surface area contributed by atoms with Crippen molar-refractivity contribution in [3.05, 3.63) is 90.6 Å². The van der Waals surface area contributed by atoms with Crippen molar-refractivity contribution >= 4 is 16.6 Å². The number of para-hydroxylation sites is 1. The SMILES string of the molecule is Cc1cc(NCc2cn(-c3ccc(-n4ncc5ccccc54)cc3)nn2)ccn1. The molecule has 5 rings (SSSR count). The molecule has 1 N–H and O–H groups in total. The predicted molar refractivity (Wildman–Crippen MR) is 112 cm³/mol. The van der Waals surface area contributed by atoms with Gasteiger partial charge in [-0.2, -0.15) is 5.10 Å². The molecule has 0 aliphatic heterocycles. The van der Waals surface area contributed by atoms with E-state index >= 15 is 0 Å². The number of pyridine rings is 1. The molecule has 0 unspecified atom stereocenters. The van der Waals surface area contributed by atoms with Crippen LogP contribution in [0.3, 0.4) is 0 Å². The topological polar surface area (TPSA) is 73.5 Å². The van der Waals surface area contributed by atoms with Crippen LogP contribution in [0.5, 0.6) is 0 Å². The number of nitrogens with one attached hydrogen (secondary N) is 1. The first-order valence-corrected chi connectivity index (χ1v) is 9.38. The molecule has 0 radical (unpaired) electrons. The van der Waals surface area contributed by atoms with Gasteiger partial charge in [-0.3, -0.25) is 4.98 Å². The van der Waals surface area contributed by atoms with E-state index in [1.54, 1.807) is 10.9 Å². The summed E-state index contributed by atoms with van der Waals surface area (Å²) in [6.45, 7) is 2.57. The quantitative estimate of drug-likeness (QED) is 0.499. The van der Waals surface area contributed by atoms with Gasteiger partial charge in [0, 0.05) is 23.0 Å². The van der Waals surface area contributed by atoms with Crippen LogP contribution in [0.4, 0.5) is 5.69 Å². The first-order chi connectivity index (χ1) is 14.3. The van der Waals surface area contributed by atoms with E-state index in [9.17, 15) is 0 Å². The van der Waals surface area contributed by atoms with E-state index in [-0.39, 0.29) is 0 Å². The fourth-order valence-corrected chi connectivity index (χ4v) is 3.28. The van der Waals surface area contributed by atoms with Gasteiger partial charge in [0.25, 0.3) is 0 Å². The van der Waals surface area contributed by atoms with E-state index in [1.165, 1.54) is 0 Å². The molecule has 0 aliphatic rings. The number of aromatic nitrogens is 6. The molecule has 2 aromatic carbocycles. The fourth-order valence-electron chi connectivity index (χ4n) is 3.28. The first kappa shape index (κ1) is 17.1. The van der Waals surface area contributed by atoms with Crippen LogP contribution < -0.4 is 5.32 Å². The van der Waals surface area contributed by atoms with Crippen molar-refractivity contribution in [1.82, 2.24) is 29.8 Å². The highest BCUT2D eigenvalue weighted by Gasteiger charge is 2.06. The third-order valence-electron chi connectivity index (χ3n) is 4.75. The lowest BCUT2D eigenvalue weighted by atomic mass is 10.2. The largest absolute Gasteiger partial charge is 0.379 e. The van der Waals surface area contributed by atoms with Crippen LogP contribution in [0.2, 0.25) is 0 Å². The van der Waals surface area contributed by atoms with Crippen LogP contribution in [-0.4, -0.2) is 29.8 Å². The van der Waals surface area contributed by atoms with Gasteiger partial charge in [-0.15, -0.1) is 5.10 Å². The summed E-state index contributed by atoms with van der Waals surface area (Å²) >= 11 is 0. The van der Waals surface area contributed by atoms with Gasteiger partial charge < -0.3 is 5.32 Å². The molecule has 5 aromatic rings. The Bertz CT molecular complexity index is 1270. The molecule has 0 spiro atoms. The van der Waals surface area contributed by atoms with Crippen LogP contribution in [0.25, 0.3) is 22.3 Å². The van der Waals surface area contributed by atoms with Crippen LogP contribution in [0, 0.1) is 6.92 Å². The molecule has 0 fully saturated rings. The van der Waals surface area contributed by atoms with Gasteiger partial charge in [0.15, 0.2) is 0 Å². The molecule has 29 heavy (non-hydrogen) atoms. The molecule has 0 bridgehead atoms. The minimum Gasteiger partial charge on any atom is -0.379 e. The van der Waals surface area contributed by atoms with Crippen molar-refractivity contribution in [3.63, 3.8) is 0 Å². The Morgan fingerprint density at radius 3 is 2.66 bits per heavy atom. The zero-order chi connectivity index (χ0) is 19.6.